The molecule has 0 aromatic heterocycles. The lowest BCUT2D eigenvalue weighted by Gasteiger charge is -2.57. The zero-order chi connectivity index (χ0) is 19.8. The van der Waals surface area contributed by atoms with E-state index >= 15 is 0 Å². The number of fused-ring (bicyclic) bond motifs is 1. The van der Waals surface area contributed by atoms with Crippen LogP contribution in [0.2, 0.25) is 0 Å². The van der Waals surface area contributed by atoms with Gasteiger partial charge in [-0.25, -0.2) is 0 Å². The van der Waals surface area contributed by atoms with Crippen LogP contribution in [0.25, 0.3) is 0 Å². The lowest BCUT2D eigenvalue weighted by Crippen LogP contribution is -2.53. The van der Waals surface area contributed by atoms with Gasteiger partial charge in [-0.1, -0.05) is 32.1 Å². The van der Waals surface area contributed by atoms with Crippen molar-refractivity contribution in [3.63, 3.8) is 0 Å². The van der Waals surface area contributed by atoms with Gasteiger partial charge in [-0.05, 0) is 75.7 Å². The number of hydrogen-bond acceptors (Lipinski definition) is 3. The Kier molecular flexibility index (Phi) is 5.74. The Morgan fingerprint density at radius 1 is 1.38 bits per heavy atom. The number of hydrogen-bond donors (Lipinski definition) is 1. The number of carboxylic acid groups (broad SMARTS) is 1. The topological polar surface area (TPSA) is 63.6 Å². The molecule has 2 rings (SSSR count). The molecule has 0 heterocycles. The molecule has 0 aliphatic heterocycles. The van der Waals surface area contributed by atoms with E-state index in [4.69, 9.17) is 4.74 Å². The van der Waals surface area contributed by atoms with Gasteiger partial charge in [0.2, 0.25) is 0 Å². The van der Waals surface area contributed by atoms with Gasteiger partial charge < -0.3 is 9.84 Å². The molecule has 4 nitrogen and oxygen atoms in total. The van der Waals surface area contributed by atoms with Gasteiger partial charge in [-0.3, -0.25) is 9.59 Å². The number of carbonyl (C=O) groups excluding carboxylic acids is 1. The smallest absolute Gasteiger partial charge is 0.309 e. The molecule has 2 saturated carbocycles. The Hall–Kier alpha value is -1.58. The van der Waals surface area contributed by atoms with Gasteiger partial charge in [-0.15, -0.1) is 0 Å². The van der Waals surface area contributed by atoms with Gasteiger partial charge >= 0.3 is 11.9 Å². The highest BCUT2D eigenvalue weighted by atomic mass is 16.6. The van der Waals surface area contributed by atoms with Crippen molar-refractivity contribution in [2.24, 2.45) is 22.7 Å². The van der Waals surface area contributed by atoms with Crippen molar-refractivity contribution in [3.8, 4) is 0 Å². The van der Waals surface area contributed by atoms with Crippen LogP contribution in [-0.4, -0.2) is 22.6 Å². The van der Waals surface area contributed by atoms with Crippen LogP contribution < -0.4 is 0 Å². The number of rotatable bonds is 6. The van der Waals surface area contributed by atoms with E-state index in [1.165, 1.54) is 12.5 Å². The number of ether oxygens (including phenoxy) is 1. The first-order valence-corrected chi connectivity index (χ1v) is 9.73. The van der Waals surface area contributed by atoms with Crippen LogP contribution in [0.15, 0.2) is 24.8 Å². The zero-order valence-corrected chi connectivity index (χ0v) is 16.8. The van der Waals surface area contributed by atoms with E-state index in [2.05, 4.69) is 20.1 Å². The summed E-state index contributed by atoms with van der Waals surface area (Å²) in [5.74, 6) is -0.582. The van der Waals surface area contributed by atoms with Crippen molar-refractivity contribution in [1.29, 1.82) is 0 Å². The highest BCUT2D eigenvalue weighted by Gasteiger charge is 2.57. The summed E-state index contributed by atoms with van der Waals surface area (Å²) in [6.45, 7) is 15.6. The molecule has 5 unspecified atom stereocenters. The van der Waals surface area contributed by atoms with E-state index in [-0.39, 0.29) is 23.2 Å². The van der Waals surface area contributed by atoms with Crippen LogP contribution >= 0.6 is 0 Å². The Morgan fingerprint density at radius 3 is 2.58 bits per heavy atom. The average molecular weight is 363 g/mol. The van der Waals surface area contributed by atoms with E-state index in [0.717, 1.165) is 38.5 Å². The summed E-state index contributed by atoms with van der Waals surface area (Å²) >= 11 is 0. The number of allylic oxidation sites excluding steroid dienone is 1. The molecule has 0 amide bonds. The highest BCUT2D eigenvalue weighted by molar-refractivity contribution is 5.75. The van der Waals surface area contributed by atoms with Gasteiger partial charge in [0.15, 0.2) is 0 Å². The van der Waals surface area contributed by atoms with Crippen LogP contribution in [0.3, 0.4) is 0 Å². The lowest BCUT2D eigenvalue weighted by atomic mass is 9.46. The minimum absolute atomic E-state index is 0.0704. The molecule has 0 radical (unpaired) electrons. The monoisotopic (exact) mass is 362 g/mol. The van der Waals surface area contributed by atoms with E-state index in [0.29, 0.717) is 6.42 Å². The first-order valence-electron chi connectivity index (χ1n) is 9.73. The Balaban J connectivity index is 2.27. The van der Waals surface area contributed by atoms with E-state index in [1.54, 1.807) is 6.08 Å². The molecule has 5 atom stereocenters. The largest absolute Gasteiger partial charge is 0.481 e. The summed E-state index contributed by atoms with van der Waals surface area (Å²) in [5, 5.41) is 9.91. The standard InChI is InChI=1S/C22H34O4/c1-7-20(4,26-16(3)23)14-11-17-15(2)9-10-18-21(17,5)12-8-13-22(18,6)19(24)25/h7,17-18H,1-2,8-14H2,3-6H3,(H,24,25). The molecule has 1 N–H and O–H groups in total. The zero-order valence-electron chi connectivity index (χ0n) is 16.8. The molecule has 2 fully saturated rings. The number of carboxylic acids is 1. The summed E-state index contributed by atoms with van der Waals surface area (Å²) in [4.78, 5) is 23.5. The van der Waals surface area contributed by atoms with Crippen molar-refractivity contribution >= 4 is 11.9 Å². The summed E-state index contributed by atoms with van der Waals surface area (Å²) in [6, 6.07) is 0. The average Bonchev–Trinajstić information content (AvgIpc) is 2.53. The van der Waals surface area contributed by atoms with Crippen molar-refractivity contribution < 1.29 is 19.4 Å². The molecule has 26 heavy (non-hydrogen) atoms. The van der Waals surface area contributed by atoms with Crippen LogP contribution in [0.5, 0.6) is 0 Å². The molecule has 0 aromatic rings. The quantitative estimate of drug-likeness (QED) is 0.525. The summed E-state index contributed by atoms with van der Waals surface area (Å²) in [6.07, 6.45) is 7.69. The van der Waals surface area contributed by atoms with E-state index in [9.17, 15) is 14.7 Å². The molecule has 0 aromatic carbocycles. The van der Waals surface area contributed by atoms with Gasteiger partial charge in [0.1, 0.15) is 5.60 Å². The van der Waals surface area contributed by atoms with Gasteiger partial charge in [-0.2, -0.15) is 0 Å². The number of aliphatic carboxylic acids is 1. The molecule has 0 bridgehead atoms. The Bertz CT molecular complexity index is 609. The minimum Gasteiger partial charge on any atom is -0.481 e. The van der Waals surface area contributed by atoms with Crippen molar-refractivity contribution in [3.05, 3.63) is 24.8 Å². The predicted octanol–water partition coefficient (Wildman–Crippen LogP) is 5.14. The molecule has 146 valence electrons. The van der Waals surface area contributed by atoms with Crippen LogP contribution in [0, 0.1) is 22.7 Å². The van der Waals surface area contributed by atoms with Crippen LogP contribution in [0.1, 0.15) is 72.6 Å². The summed E-state index contributed by atoms with van der Waals surface area (Å²) in [5.41, 5.74) is -0.212. The number of carbonyl (C=O) groups is 2. The first-order chi connectivity index (χ1) is 12.0. The predicted molar refractivity (Wildman–Crippen MR) is 103 cm³/mol. The van der Waals surface area contributed by atoms with Crippen molar-refractivity contribution in [1.82, 2.24) is 0 Å². The third-order valence-corrected chi connectivity index (χ3v) is 7.25. The first kappa shape index (κ1) is 20.7. The van der Waals surface area contributed by atoms with Crippen LogP contribution in [-0.2, 0) is 14.3 Å². The molecule has 0 spiro atoms. The van der Waals surface area contributed by atoms with Gasteiger partial charge in [0, 0.05) is 6.92 Å². The molecule has 2 aliphatic carbocycles. The van der Waals surface area contributed by atoms with Crippen molar-refractivity contribution in [2.75, 3.05) is 0 Å². The maximum absolute atomic E-state index is 12.1. The fourth-order valence-corrected chi connectivity index (χ4v) is 5.69. The van der Waals surface area contributed by atoms with Crippen molar-refractivity contribution in [2.45, 2.75) is 78.2 Å². The minimum atomic E-state index is -0.694. The summed E-state index contributed by atoms with van der Waals surface area (Å²) < 4.78 is 5.48. The third-order valence-electron chi connectivity index (χ3n) is 7.25. The molecule has 4 heteroatoms. The lowest BCUT2D eigenvalue weighted by molar-refractivity contribution is -0.165. The fraction of sp³-hybridized carbons (Fsp3) is 0.727. The van der Waals surface area contributed by atoms with E-state index in [1.807, 2.05) is 13.8 Å². The van der Waals surface area contributed by atoms with Gasteiger partial charge in [0.05, 0.1) is 5.41 Å². The fourth-order valence-electron chi connectivity index (χ4n) is 5.69. The Morgan fingerprint density at radius 2 is 2.04 bits per heavy atom. The molecule has 0 saturated heterocycles. The molecule has 2 aliphatic rings. The van der Waals surface area contributed by atoms with Gasteiger partial charge in [0.25, 0.3) is 0 Å². The maximum atomic E-state index is 12.1. The third kappa shape index (κ3) is 3.60. The van der Waals surface area contributed by atoms with Crippen LogP contribution in [0.4, 0.5) is 0 Å². The SMILES string of the molecule is C=CC(C)(CCC1C(=C)CCC2C(C)(C(=O)O)CCCC12C)OC(C)=O. The maximum Gasteiger partial charge on any atom is 0.309 e. The molecular weight excluding hydrogens is 328 g/mol. The second kappa shape index (κ2) is 7.21. The van der Waals surface area contributed by atoms with E-state index < -0.39 is 17.0 Å². The highest BCUT2D eigenvalue weighted by Crippen LogP contribution is 2.62. The Labute approximate surface area is 157 Å². The normalized spacial score (nSPS) is 36.5. The second-order valence-corrected chi connectivity index (χ2v) is 9.03. The summed E-state index contributed by atoms with van der Waals surface area (Å²) in [7, 11) is 0. The molecular formula is C22H34O4. The number of esters is 1. The second-order valence-electron chi connectivity index (χ2n) is 9.03.